The van der Waals surface area contributed by atoms with Crippen LogP contribution in [0.5, 0.6) is 5.75 Å². The molecule has 0 heterocycles. The van der Waals surface area contributed by atoms with Crippen molar-refractivity contribution >= 4 is 0 Å². The lowest BCUT2D eigenvalue weighted by atomic mass is 9.77. The Morgan fingerprint density at radius 2 is 1.45 bits per heavy atom. The zero-order chi connectivity index (χ0) is 21.1. The highest BCUT2D eigenvalue weighted by molar-refractivity contribution is 5.64. The Labute approximate surface area is 170 Å². The fourth-order valence-corrected chi connectivity index (χ4v) is 3.95. The average molecular weight is 408 g/mol. The lowest BCUT2D eigenvalue weighted by molar-refractivity contribution is 0.192. The topological polar surface area (TPSA) is 9.23 Å². The lowest BCUT2D eigenvalue weighted by Crippen LogP contribution is -2.13. The van der Waals surface area contributed by atoms with E-state index < -0.39 is 19.3 Å². The Morgan fingerprint density at radius 3 is 1.90 bits per heavy atom. The molecular formula is C24H28F4O. The molecule has 0 aromatic heterocycles. The molecule has 0 bridgehead atoms. The molecule has 1 aliphatic carbocycles. The Bertz CT molecular complexity index is 728. The highest BCUT2D eigenvalue weighted by atomic mass is 19.3. The highest BCUT2D eigenvalue weighted by Gasteiger charge is 2.21. The fourth-order valence-electron chi connectivity index (χ4n) is 3.95. The molecule has 29 heavy (non-hydrogen) atoms. The number of halogens is 4. The van der Waals surface area contributed by atoms with E-state index in [1.165, 1.54) is 49.7 Å². The van der Waals surface area contributed by atoms with Crippen molar-refractivity contribution < 1.29 is 22.3 Å². The fraction of sp³-hybridized carbons (Fsp3) is 0.417. The maximum absolute atomic E-state index is 12.2. The summed E-state index contributed by atoms with van der Waals surface area (Å²) in [6.07, 6.45) is 5.11. The summed E-state index contributed by atoms with van der Waals surface area (Å²) in [6.45, 7) is 1.51. The standard InChI is InChI=1S/C22H27FO.C2HF3/c1-2-3-17-4-6-18(7-5-17)19-8-10-20(11-9-19)21-12-14-22(15-13-21)24-16-23;3-1-2(4)5/h8-15,17-18H,2-7,16H2,1H3;1H. The SMILES string of the molecule is CCCC1CCC(c2ccc(-c3ccc(OCF)cc3)cc2)CC1.FC=C(F)F. The first-order valence-electron chi connectivity index (χ1n) is 10.1. The van der Waals surface area contributed by atoms with Crippen molar-refractivity contribution in [2.45, 2.75) is 51.4 Å². The number of hydrogen-bond acceptors (Lipinski definition) is 1. The molecule has 0 spiro atoms. The molecule has 0 unspecified atom stereocenters. The maximum atomic E-state index is 12.2. The monoisotopic (exact) mass is 408 g/mol. The van der Waals surface area contributed by atoms with Gasteiger partial charge in [0, 0.05) is 0 Å². The zero-order valence-corrected chi connectivity index (χ0v) is 16.7. The van der Waals surface area contributed by atoms with Crippen LogP contribution >= 0.6 is 0 Å². The Morgan fingerprint density at radius 1 is 0.931 bits per heavy atom. The average Bonchev–Trinajstić information content (AvgIpc) is 2.76. The summed E-state index contributed by atoms with van der Waals surface area (Å²) < 4.78 is 47.7. The summed E-state index contributed by atoms with van der Waals surface area (Å²) in [7, 11) is 0. The second-order valence-corrected chi connectivity index (χ2v) is 7.30. The van der Waals surface area contributed by atoms with Crippen molar-refractivity contribution in [3.63, 3.8) is 0 Å². The third-order valence-corrected chi connectivity index (χ3v) is 5.42. The van der Waals surface area contributed by atoms with Crippen LogP contribution in [0, 0.1) is 5.92 Å². The smallest absolute Gasteiger partial charge is 0.298 e. The first-order valence-corrected chi connectivity index (χ1v) is 10.1. The molecule has 1 fully saturated rings. The molecule has 1 aliphatic rings. The van der Waals surface area contributed by atoms with E-state index in [9.17, 15) is 17.6 Å². The molecule has 0 radical (unpaired) electrons. The molecule has 5 heteroatoms. The summed E-state index contributed by atoms with van der Waals surface area (Å²) in [5, 5.41) is 0. The summed E-state index contributed by atoms with van der Waals surface area (Å²) in [5.74, 6) is 2.25. The number of alkyl halides is 1. The summed E-state index contributed by atoms with van der Waals surface area (Å²) >= 11 is 0. The van der Waals surface area contributed by atoms with Gasteiger partial charge in [0.2, 0.25) is 6.86 Å². The maximum Gasteiger partial charge on any atom is 0.298 e. The molecular weight excluding hydrogens is 380 g/mol. The van der Waals surface area contributed by atoms with Gasteiger partial charge in [0.1, 0.15) is 5.75 Å². The predicted molar refractivity (Wildman–Crippen MR) is 109 cm³/mol. The Kier molecular flexibility index (Phi) is 9.75. The van der Waals surface area contributed by atoms with Gasteiger partial charge in [-0.25, -0.2) is 8.78 Å². The second-order valence-electron chi connectivity index (χ2n) is 7.30. The number of benzene rings is 2. The van der Waals surface area contributed by atoms with Crippen LogP contribution in [0.4, 0.5) is 17.6 Å². The van der Waals surface area contributed by atoms with E-state index in [0.29, 0.717) is 5.75 Å². The van der Waals surface area contributed by atoms with Gasteiger partial charge in [-0.2, -0.15) is 8.78 Å². The molecule has 2 aromatic rings. The molecule has 0 N–H and O–H groups in total. The van der Waals surface area contributed by atoms with E-state index in [1.54, 1.807) is 0 Å². The molecule has 1 saturated carbocycles. The quantitative estimate of drug-likeness (QED) is 0.436. The second kappa shape index (κ2) is 12.3. The number of ether oxygens (including phenoxy) is 1. The molecule has 3 rings (SSSR count). The molecule has 0 amide bonds. The Balaban J connectivity index is 0.000000537. The van der Waals surface area contributed by atoms with Crippen molar-refractivity contribution in [1.82, 2.24) is 0 Å². The van der Waals surface area contributed by atoms with Crippen LogP contribution in [-0.4, -0.2) is 6.86 Å². The normalized spacial score (nSPS) is 18.4. The van der Waals surface area contributed by atoms with Gasteiger partial charge in [0.15, 0.2) is 6.33 Å². The van der Waals surface area contributed by atoms with Crippen LogP contribution in [0.1, 0.15) is 56.9 Å². The van der Waals surface area contributed by atoms with E-state index in [2.05, 4.69) is 31.2 Å². The molecule has 0 aliphatic heterocycles. The van der Waals surface area contributed by atoms with Gasteiger partial charge in [-0.15, -0.1) is 0 Å². The first kappa shape index (κ1) is 23.0. The van der Waals surface area contributed by atoms with Gasteiger partial charge < -0.3 is 4.74 Å². The summed E-state index contributed by atoms with van der Waals surface area (Å²) in [4.78, 5) is 0. The minimum atomic E-state index is -2.29. The van der Waals surface area contributed by atoms with Gasteiger partial charge in [-0.05, 0) is 66.3 Å². The van der Waals surface area contributed by atoms with Gasteiger partial charge in [-0.3, -0.25) is 0 Å². The molecule has 1 nitrogen and oxygen atoms in total. The Hall–Kier alpha value is -2.30. The van der Waals surface area contributed by atoms with Crippen molar-refractivity contribution in [2.75, 3.05) is 6.86 Å². The van der Waals surface area contributed by atoms with E-state index in [0.717, 1.165) is 17.4 Å². The zero-order valence-electron chi connectivity index (χ0n) is 16.7. The lowest BCUT2D eigenvalue weighted by Gasteiger charge is -2.28. The minimum Gasteiger partial charge on any atom is -0.463 e. The molecule has 2 aromatic carbocycles. The van der Waals surface area contributed by atoms with Gasteiger partial charge in [-0.1, -0.05) is 56.2 Å². The van der Waals surface area contributed by atoms with Crippen LogP contribution in [0.3, 0.4) is 0 Å². The van der Waals surface area contributed by atoms with Crippen molar-refractivity contribution in [3.05, 3.63) is 66.5 Å². The number of rotatable bonds is 6. The van der Waals surface area contributed by atoms with Crippen LogP contribution in [-0.2, 0) is 0 Å². The third-order valence-electron chi connectivity index (χ3n) is 5.42. The van der Waals surface area contributed by atoms with Crippen molar-refractivity contribution in [3.8, 4) is 16.9 Å². The van der Waals surface area contributed by atoms with Crippen molar-refractivity contribution in [2.24, 2.45) is 5.92 Å². The number of hydrogen-bond donors (Lipinski definition) is 0. The third kappa shape index (κ3) is 7.56. The predicted octanol–water partition coefficient (Wildman–Crippen LogP) is 8.43. The van der Waals surface area contributed by atoms with Crippen molar-refractivity contribution in [1.29, 1.82) is 0 Å². The van der Waals surface area contributed by atoms with Crippen LogP contribution in [0.2, 0.25) is 0 Å². The van der Waals surface area contributed by atoms with Gasteiger partial charge >= 0.3 is 0 Å². The first-order chi connectivity index (χ1) is 14.1. The molecule has 158 valence electrons. The summed E-state index contributed by atoms with van der Waals surface area (Å²) in [6, 6.07) is 16.6. The molecule has 0 atom stereocenters. The van der Waals surface area contributed by atoms with Gasteiger partial charge in [0.25, 0.3) is 6.08 Å². The van der Waals surface area contributed by atoms with E-state index in [1.807, 2.05) is 24.3 Å². The minimum absolute atomic E-state index is 0.571. The van der Waals surface area contributed by atoms with Crippen LogP contribution < -0.4 is 4.74 Å². The van der Waals surface area contributed by atoms with E-state index in [-0.39, 0.29) is 0 Å². The largest absolute Gasteiger partial charge is 0.463 e. The van der Waals surface area contributed by atoms with Crippen LogP contribution in [0.25, 0.3) is 11.1 Å². The van der Waals surface area contributed by atoms with E-state index in [4.69, 9.17) is 4.74 Å². The highest BCUT2D eigenvalue weighted by Crippen LogP contribution is 2.38. The van der Waals surface area contributed by atoms with Gasteiger partial charge in [0.05, 0.1) is 0 Å². The van der Waals surface area contributed by atoms with Crippen LogP contribution in [0.15, 0.2) is 60.9 Å². The van der Waals surface area contributed by atoms with E-state index >= 15 is 0 Å². The molecule has 0 saturated heterocycles. The summed E-state index contributed by atoms with van der Waals surface area (Å²) in [5.41, 5.74) is 3.82.